The van der Waals surface area contributed by atoms with E-state index >= 15 is 0 Å². The number of amides is 1. The predicted molar refractivity (Wildman–Crippen MR) is 150 cm³/mol. The molecular formula is C31H42N2O5. The first kappa shape index (κ1) is 29.4. The summed E-state index contributed by atoms with van der Waals surface area (Å²) in [5.41, 5.74) is 1.67. The minimum atomic E-state index is -1.08. The molecule has 7 heteroatoms. The van der Waals surface area contributed by atoms with Crippen molar-refractivity contribution in [2.45, 2.75) is 77.7 Å². The first-order valence-corrected chi connectivity index (χ1v) is 13.7. The van der Waals surface area contributed by atoms with E-state index in [1.807, 2.05) is 48.5 Å². The van der Waals surface area contributed by atoms with Crippen LogP contribution in [0.4, 0.5) is 5.69 Å². The molecule has 2 aromatic rings. The van der Waals surface area contributed by atoms with Gasteiger partial charge in [-0.3, -0.25) is 14.5 Å². The van der Waals surface area contributed by atoms with Gasteiger partial charge in [0.05, 0.1) is 13.5 Å². The number of anilines is 1. The van der Waals surface area contributed by atoms with E-state index in [0.717, 1.165) is 11.1 Å². The Balaban J connectivity index is 1.71. The molecule has 0 spiro atoms. The van der Waals surface area contributed by atoms with Gasteiger partial charge in [0, 0.05) is 31.7 Å². The Morgan fingerprint density at radius 1 is 0.921 bits per heavy atom. The molecule has 1 fully saturated rings. The highest BCUT2D eigenvalue weighted by atomic mass is 16.5. The number of benzene rings is 2. The van der Waals surface area contributed by atoms with Crippen LogP contribution in [0.25, 0.3) is 0 Å². The zero-order valence-electron chi connectivity index (χ0n) is 23.7. The van der Waals surface area contributed by atoms with Gasteiger partial charge in [-0.25, -0.2) is 4.79 Å². The van der Waals surface area contributed by atoms with Crippen molar-refractivity contribution in [2.75, 3.05) is 31.6 Å². The average molecular weight is 523 g/mol. The van der Waals surface area contributed by atoms with Crippen molar-refractivity contribution in [2.24, 2.45) is 0 Å². The third-order valence-corrected chi connectivity index (χ3v) is 7.41. The van der Waals surface area contributed by atoms with Gasteiger partial charge < -0.3 is 14.4 Å². The number of nitrogens with zero attached hydrogens (tertiary/aromatic N) is 2. The molecule has 7 nitrogen and oxygen atoms in total. The topological polar surface area (TPSA) is 76.2 Å². The lowest BCUT2D eigenvalue weighted by atomic mass is 9.84. The van der Waals surface area contributed by atoms with E-state index in [1.165, 1.54) is 7.11 Å². The Morgan fingerprint density at radius 3 is 2.00 bits per heavy atom. The van der Waals surface area contributed by atoms with Gasteiger partial charge >= 0.3 is 11.9 Å². The van der Waals surface area contributed by atoms with E-state index in [4.69, 9.17) is 9.47 Å². The zero-order chi connectivity index (χ0) is 27.9. The lowest BCUT2D eigenvalue weighted by Crippen LogP contribution is -2.62. The van der Waals surface area contributed by atoms with Gasteiger partial charge in [0.1, 0.15) is 11.3 Å². The maximum Gasteiger partial charge on any atom is 0.332 e. The second-order valence-electron chi connectivity index (χ2n) is 10.6. The van der Waals surface area contributed by atoms with E-state index < -0.39 is 11.5 Å². The second-order valence-corrected chi connectivity index (χ2v) is 10.6. The number of esters is 2. The van der Waals surface area contributed by atoms with E-state index in [2.05, 4.69) is 32.6 Å². The predicted octanol–water partition coefficient (Wildman–Crippen LogP) is 5.68. The first-order chi connectivity index (χ1) is 18.1. The maximum absolute atomic E-state index is 13.2. The summed E-state index contributed by atoms with van der Waals surface area (Å²) in [7, 11) is 1.37. The molecule has 1 amide bonds. The highest BCUT2D eigenvalue weighted by Gasteiger charge is 2.49. The summed E-state index contributed by atoms with van der Waals surface area (Å²) in [4.78, 5) is 43.0. The number of carbonyl (C=O) groups excluding carboxylic acids is 3. The number of piperidine rings is 1. The number of hydrogen-bond donors (Lipinski definition) is 0. The minimum Gasteiger partial charge on any atom is -0.467 e. The van der Waals surface area contributed by atoms with E-state index in [1.54, 1.807) is 11.8 Å². The summed E-state index contributed by atoms with van der Waals surface area (Å²) >= 11 is 0. The van der Waals surface area contributed by atoms with Gasteiger partial charge in [-0.2, -0.15) is 0 Å². The van der Waals surface area contributed by atoms with Crippen LogP contribution in [-0.4, -0.2) is 55.0 Å². The number of rotatable bonds is 10. The molecule has 1 aliphatic heterocycles. The number of para-hydroxylation sites is 2. The largest absolute Gasteiger partial charge is 0.467 e. The standard InChI is InChI=1S/C31H42N2O5/c1-7-27(34)33(24-12-9-8-10-13-24)31(30(36)37-6)17-20-32(21-18-31)19-16-28(35)38-29-25(22(2)3)14-11-15-26(29)23(4)5/h8-15,22-23H,7,16-21H2,1-6H3. The molecule has 1 aliphatic rings. The van der Waals surface area contributed by atoms with Crippen molar-refractivity contribution >= 4 is 23.5 Å². The number of methoxy groups -OCH3 is 1. The van der Waals surface area contributed by atoms with Gasteiger partial charge in [0.25, 0.3) is 0 Å². The quantitative estimate of drug-likeness (QED) is 0.295. The Labute approximate surface area is 227 Å². The second kappa shape index (κ2) is 13.1. The molecule has 206 valence electrons. The normalized spacial score (nSPS) is 15.4. The molecule has 0 bridgehead atoms. The van der Waals surface area contributed by atoms with Crippen LogP contribution in [0.15, 0.2) is 48.5 Å². The van der Waals surface area contributed by atoms with Gasteiger partial charge in [-0.05, 0) is 47.9 Å². The van der Waals surface area contributed by atoms with Crippen molar-refractivity contribution in [3.63, 3.8) is 0 Å². The summed E-state index contributed by atoms with van der Waals surface area (Å²) in [6, 6.07) is 15.4. The third kappa shape index (κ3) is 6.44. The summed E-state index contributed by atoms with van der Waals surface area (Å²) in [6.45, 7) is 11.8. The monoisotopic (exact) mass is 522 g/mol. The molecule has 3 rings (SSSR count). The fourth-order valence-electron chi connectivity index (χ4n) is 5.24. The Hall–Kier alpha value is -3.19. The fourth-order valence-corrected chi connectivity index (χ4v) is 5.24. The molecule has 0 unspecified atom stereocenters. The molecule has 0 saturated carbocycles. The van der Waals surface area contributed by atoms with Crippen LogP contribution >= 0.6 is 0 Å². The minimum absolute atomic E-state index is 0.122. The zero-order valence-corrected chi connectivity index (χ0v) is 23.7. The molecule has 1 saturated heterocycles. The van der Waals surface area contributed by atoms with Crippen molar-refractivity contribution in [3.8, 4) is 5.75 Å². The van der Waals surface area contributed by atoms with E-state index in [9.17, 15) is 14.4 Å². The van der Waals surface area contributed by atoms with Crippen molar-refractivity contribution in [1.82, 2.24) is 4.90 Å². The Kier molecular flexibility index (Phi) is 10.1. The SMILES string of the molecule is CCC(=O)N(c1ccccc1)C1(C(=O)OC)CCN(CCC(=O)Oc2c(C(C)C)cccc2C(C)C)CC1. The van der Waals surface area contributed by atoms with Crippen LogP contribution in [0.1, 0.15) is 83.3 Å². The Morgan fingerprint density at radius 2 is 1.50 bits per heavy atom. The summed E-state index contributed by atoms with van der Waals surface area (Å²) in [5.74, 6) is 0.364. The first-order valence-electron chi connectivity index (χ1n) is 13.7. The molecule has 1 heterocycles. The molecule has 38 heavy (non-hydrogen) atoms. The van der Waals surface area contributed by atoms with Gasteiger partial charge in [0.15, 0.2) is 0 Å². The third-order valence-electron chi connectivity index (χ3n) is 7.41. The molecular weight excluding hydrogens is 480 g/mol. The van der Waals surface area contributed by atoms with Crippen LogP contribution in [0.3, 0.4) is 0 Å². The van der Waals surface area contributed by atoms with Crippen molar-refractivity contribution in [3.05, 3.63) is 59.7 Å². The van der Waals surface area contributed by atoms with Crippen LogP contribution in [0.5, 0.6) is 5.75 Å². The van der Waals surface area contributed by atoms with Gasteiger partial charge in [0.2, 0.25) is 5.91 Å². The summed E-state index contributed by atoms with van der Waals surface area (Å²) < 4.78 is 11.2. The highest BCUT2D eigenvalue weighted by Crippen LogP contribution is 2.36. The number of ether oxygens (including phenoxy) is 2. The van der Waals surface area contributed by atoms with E-state index in [0.29, 0.717) is 43.9 Å². The number of carbonyl (C=O) groups is 3. The molecule has 0 atom stereocenters. The Bertz CT molecular complexity index is 1080. The fraction of sp³-hybridized carbons (Fsp3) is 0.516. The lowest BCUT2D eigenvalue weighted by molar-refractivity contribution is -0.151. The van der Waals surface area contributed by atoms with Gasteiger partial charge in [-0.1, -0.05) is 71.0 Å². The molecule has 0 N–H and O–H groups in total. The molecule has 0 aliphatic carbocycles. The van der Waals surface area contributed by atoms with Crippen LogP contribution in [-0.2, 0) is 19.1 Å². The van der Waals surface area contributed by atoms with Crippen LogP contribution < -0.4 is 9.64 Å². The molecule has 2 aromatic carbocycles. The number of hydrogen-bond acceptors (Lipinski definition) is 6. The summed E-state index contributed by atoms with van der Waals surface area (Å²) in [6.07, 6.45) is 1.36. The number of likely N-dealkylation sites (tertiary alicyclic amines) is 1. The smallest absolute Gasteiger partial charge is 0.332 e. The van der Waals surface area contributed by atoms with Gasteiger partial charge in [-0.15, -0.1) is 0 Å². The molecule has 0 radical (unpaired) electrons. The summed E-state index contributed by atoms with van der Waals surface area (Å²) in [5, 5.41) is 0. The van der Waals surface area contributed by atoms with Crippen molar-refractivity contribution in [1.29, 1.82) is 0 Å². The lowest BCUT2D eigenvalue weighted by Gasteiger charge is -2.46. The van der Waals surface area contributed by atoms with Crippen LogP contribution in [0.2, 0.25) is 0 Å². The van der Waals surface area contributed by atoms with Crippen molar-refractivity contribution < 1.29 is 23.9 Å². The van der Waals surface area contributed by atoms with E-state index in [-0.39, 0.29) is 36.6 Å². The highest BCUT2D eigenvalue weighted by molar-refractivity contribution is 6.02. The average Bonchev–Trinajstić information content (AvgIpc) is 2.92. The maximum atomic E-state index is 13.2. The molecule has 0 aromatic heterocycles. The van der Waals surface area contributed by atoms with Crippen LogP contribution in [0, 0.1) is 0 Å².